The van der Waals surface area contributed by atoms with Crippen LogP contribution in [0.4, 0.5) is 21.2 Å². The average molecular weight is 1370 g/mol. The first kappa shape index (κ1) is 73.3. The summed E-state index contributed by atoms with van der Waals surface area (Å²) in [6.07, 6.45) is -8.03. The highest BCUT2D eigenvalue weighted by Gasteiger charge is 2.58. The van der Waals surface area contributed by atoms with Crippen LogP contribution in [0.3, 0.4) is 0 Å². The Morgan fingerprint density at radius 2 is 1.07 bits per heavy atom. The Labute approximate surface area is 553 Å². The van der Waals surface area contributed by atoms with E-state index < -0.39 is 113 Å². The molecule has 4 aromatic heterocycles. The van der Waals surface area contributed by atoms with E-state index in [1.165, 1.54) is 62.3 Å². The van der Waals surface area contributed by atoms with E-state index in [0.717, 1.165) is 10.8 Å². The minimum absolute atomic E-state index is 0. The van der Waals surface area contributed by atoms with Crippen LogP contribution >= 0.6 is 15.5 Å². The molecule has 0 aliphatic carbocycles. The van der Waals surface area contributed by atoms with Crippen LogP contribution in [0.5, 0.6) is 11.5 Å². The second-order valence-corrected chi connectivity index (χ2v) is 28.2. The zero-order valence-corrected chi connectivity index (χ0v) is 54.9. The van der Waals surface area contributed by atoms with Crippen molar-refractivity contribution in [2.45, 2.75) is 157 Å². The molecule has 7 N–H and O–H groups in total. The lowest BCUT2D eigenvalue weighted by molar-refractivity contribution is -0.148. The molecule has 96 heavy (non-hydrogen) atoms. The normalized spacial score (nSPS) is 22.4. The van der Waals surface area contributed by atoms with Gasteiger partial charge in [-0.25, -0.2) is 48.6 Å². The molecule has 518 valence electrons. The SMILES string of the molecule is C.C.COC(=O)Nc1ncnc2c1ncn2[C@@H]1O[C@H]([C@H](C)OP(=O)(N[C@@H](C)C(=O)OCC(C)(C)C)Oc2cccc3ccccc23)[C@H]2OC(=O)O[C@H]21.C[C@H](NP(=O)(Oc1cccc2ccccc12)O[C@@H](C)[C@H]1O[C@@H](n2cnc3c(N)ncnc32)[C@H](O)[C@@H]1O)C(=O)OCC(C)(C)C. The van der Waals surface area contributed by atoms with Crippen LogP contribution in [0.15, 0.2) is 110 Å². The van der Waals surface area contributed by atoms with E-state index in [0.29, 0.717) is 16.3 Å². The predicted octanol–water partition coefficient (Wildman–Crippen LogP) is 9.73. The lowest BCUT2D eigenvalue weighted by Crippen LogP contribution is -2.41. The number of amides is 1. The number of carbonyl (C=O) groups excluding carboxylic acids is 4. The van der Waals surface area contributed by atoms with Crippen LogP contribution in [-0.2, 0) is 60.9 Å². The number of rotatable bonds is 21. The fraction of sp³-hybridized carbons (Fsp3) is 0.460. The van der Waals surface area contributed by atoms with Gasteiger partial charge >= 0.3 is 39.7 Å². The second kappa shape index (κ2) is 29.9. The number of carbonyl (C=O) groups is 4. The van der Waals surface area contributed by atoms with Gasteiger partial charge in [0, 0.05) is 10.8 Å². The monoisotopic (exact) mass is 1370 g/mol. The predicted molar refractivity (Wildman–Crippen MR) is 351 cm³/mol. The smallest absolute Gasteiger partial charge is 0.464 e. The number of fused-ring (bicyclic) bond motifs is 5. The number of nitrogens with one attached hydrogen (secondary N) is 3. The summed E-state index contributed by atoms with van der Waals surface area (Å²) in [5.74, 6) is -0.615. The van der Waals surface area contributed by atoms with Crippen LogP contribution in [0.25, 0.3) is 43.9 Å². The Bertz CT molecular complexity index is 4180. The molecule has 7 heterocycles. The van der Waals surface area contributed by atoms with Crippen LogP contribution in [0.1, 0.15) is 96.5 Å². The number of anilines is 2. The molecule has 3 saturated heterocycles. The second-order valence-electron chi connectivity index (χ2n) is 24.9. The number of benzene rings is 4. The molecule has 2 unspecified atom stereocenters. The van der Waals surface area contributed by atoms with Crippen molar-refractivity contribution in [2.24, 2.45) is 10.8 Å². The first-order chi connectivity index (χ1) is 44.5. The third-order valence-corrected chi connectivity index (χ3v) is 18.3. The molecule has 3 aliphatic rings. The summed E-state index contributed by atoms with van der Waals surface area (Å²) in [7, 11) is -7.60. The lowest BCUT2D eigenvalue weighted by atomic mass is 9.99. The lowest BCUT2D eigenvalue weighted by Gasteiger charge is -2.29. The van der Waals surface area contributed by atoms with E-state index in [9.17, 15) is 38.5 Å². The number of aromatic nitrogens is 8. The van der Waals surface area contributed by atoms with E-state index >= 15 is 0 Å². The van der Waals surface area contributed by atoms with Crippen molar-refractivity contribution >= 4 is 95.2 Å². The van der Waals surface area contributed by atoms with Gasteiger partial charge in [-0.15, -0.1) is 0 Å². The van der Waals surface area contributed by atoms with Crippen molar-refractivity contribution in [1.82, 2.24) is 49.2 Å². The number of nitrogens with two attached hydrogens (primary N) is 1. The Kier molecular flexibility index (Phi) is 22.8. The molecule has 3 aliphatic heterocycles. The molecule has 8 aromatic rings. The summed E-state index contributed by atoms with van der Waals surface area (Å²) < 4.78 is 95.1. The maximum Gasteiger partial charge on any atom is 0.509 e. The molecule has 0 spiro atoms. The molecule has 0 saturated carbocycles. The van der Waals surface area contributed by atoms with Gasteiger partial charge in [-0.2, -0.15) is 10.2 Å². The van der Waals surface area contributed by atoms with E-state index in [4.69, 9.17) is 52.2 Å². The number of nitrogens with zero attached hydrogens (tertiary/aromatic N) is 8. The standard InChI is InChI=1S/C32H37N6O11P.C29H37N6O8P.2CH4/c1-17(29(39)44-14-32(3,4)5)37-50(42,49-21-13-9-11-19-10-7-8-12-20(19)21)48-18(2)23-24-25(47-31(41)46-24)28(45-23)38-16-35-22-26(36-30(40)43-6)33-15-34-27(22)38;1-16(28(38)40-13-29(3,4)5)34-44(39,43-20-12-8-10-18-9-6-7-11-19(18)20)42-17(2)24-22(36)23(37)27(41-24)35-15-33-21-25(30)31-14-32-26(21)35;;/h7-13,15-18,23-25,28H,14H2,1-6H3,(H,37,42)(H,33,34,36,40);6-12,14-17,22-24,27,36-37H,13H2,1-5H3,(H,34,39)(H2,30,31,32);2*1H4/t17-,18-,23+,24+,25+,28+,50?;16-,17-,22-,23+,24+,27+,44?;;/m00../s1. The zero-order chi connectivity index (χ0) is 67.6. The fourth-order valence-corrected chi connectivity index (χ4v) is 13.8. The van der Waals surface area contributed by atoms with Crippen molar-refractivity contribution in [3.05, 3.63) is 110 Å². The average Bonchev–Trinajstić information content (AvgIpc) is 1.59. The molecule has 3 fully saturated rings. The van der Waals surface area contributed by atoms with Gasteiger partial charge in [-0.05, 0) is 61.4 Å². The minimum atomic E-state index is -4.43. The van der Waals surface area contributed by atoms with Crippen LogP contribution in [0.2, 0.25) is 0 Å². The Balaban J connectivity index is 0.000000242. The Hall–Kier alpha value is -8.48. The number of ether oxygens (including phenoxy) is 7. The van der Waals surface area contributed by atoms with E-state index in [1.807, 2.05) is 90.1 Å². The van der Waals surface area contributed by atoms with Gasteiger partial charge in [0.25, 0.3) is 0 Å². The molecular weight excluding hydrogens is 1290 g/mol. The van der Waals surface area contributed by atoms with Gasteiger partial charge in [0.05, 0.1) is 45.2 Å². The van der Waals surface area contributed by atoms with Crippen LogP contribution in [-0.4, -0.2) is 155 Å². The first-order valence-corrected chi connectivity index (χ1v) is 32.9. The maximum atomic E-state index is 14.7. The molecule has 11 rings (SSSR count). The third-order valence-electron chi connectivity index (χ3n) is 14.8. The van der Waals surface area contributed by atoms with E-state index in [-0.39, 0.29) is 78.8 Å². The third kappa shape index (κ3) is 16.7. The van der Waals surface area contributed by atoms with Crippen molar-refractivity contribution in [1.29, 1.82) is 0 Å². The van der Waals surface area contributed by atoms with Gasteiger partial charge < -0.3 is 58.2 Å². The van der Waals surface area contributed by atoms with Gasteiger partial charge in [-0.3, -0.25) is 33.1 Å². The number of nitrogen functional groups attached to an aromatic ring is 1. The van der Waals surface area contributed by atoms with Crippen molar-refractivity contribution < 1.29 is 89.8 Å². The summed E-state index contributed by atoms with van der Waals surface area (Å²) in [5, 5.41) is 32.8. The molecular formula is C63H82N12O19P2. The number of aliphatic hydroxyl groups is 2. The van der Waals surface area contributed by atoms with Gasteiger partial charge in [0.15, 0.2) is 53.1 Å². The minimum Gasteiger partial charge on any atom is -0.464 e. The van der Waals surface area contributed by atoms with Gasteiger partial charge in [-0.1, -0.05) is 129 Å². The molecule has 4 aromatic carbocycles. The van der Waals surface area contributed by atoms with Gasteiger partial charge in [0.2, 0.25) is 0 Å². The quantitative estimate of drug-likeness (QED) is 0.0221. The largest absolute Gasteiger partial charge is 0.509 e. The zero-order valence-electron chi connectivity index (χ0n) is 53.1. The number of hydrogen-bond donors (Lipinski definition) is 6. The van der Waals surface area contributed by atoms with Crippen molar-refractivity contribution in [2.75, 3.05) is 31.4 Å². The van der Waals surface area contributed by atoms with Crippen molar-refractivity contribution in [3.63, 3.8) is 0 Å². The maximum absolute atomic E-state index is 14.7. The number of hydrogen-bond acceptors (Lipinski definition) is 26. The Morgan fingerprint density at radius 1 is 0.615 bits per heavy atom. The first-order valence-electron chi connectivity index (χ1n) is 29.8. The molecule has 14 atom stereocenters. The van der Waals surface area contributed by atoms with Crippen LogP contribution in [0, 0.1) is 10.8 Å². The highest BCUT2D eigenvalue weighted by Crippen LogP contribution is 2.52. The highest BCUT2D eigenvalue weighted by molar-refractivity contribution is 7.52. The van der Waals surface area contributed by atoms with E-state index in [1.54, 1.807) is 43.3 Å². The Morgan fingerprint density at radius 3 is 1.60 bits per heavy atom. The van der Waals surface area contributed by atoms with Crippen LogP contribution < -0.4 is 30.3 Å². The van der Waals surface area contributed by atoms with Crippen molar-refractivity contribution in [3.8, 4) is 11.5 Å². The molecule has 31 nitrogen and oxygen atoms in total. The summed E-state index contributed by atoms with van der Waals surface area (Å²) in [5.41, 5.74) is 6.34. The van der Waals surface area contributed by atoms with E-state index in [2.05, 4.69) is 50.1 Å². The highest BCUT2D eigenvalue weighted by atomic mass is 31.2. The summed E-state index contributed by atoms with van der Waals surface area (Å²) >= 11 is 0. The summed E-state index contributed by atoms with van der Waals surface area (Å²) in [6.45, 7) is 17.8. The molecule has 0 bridgehead atoms. The fourth-order valence-electron chi connectivity index (χ4n) is 10.3. The summed E-state index contributed by atoms with van der Waals surface area (Å²) in [6, 6.07) is 23.0. The summed E-state index contributed by atoms with van der Waals surface area (Å²) in [4.78, 5) is 75.0. The molecule has 0 radical (unpaired) electrons. The van der Waals surface area contributed by atoms with Gasteiger partial charge in [0.1, 0.15) is 66.2 Å². The number of esters is 2. The topological polar surface area (TPSA) is 394 Å². The molecule has 33 heteroatoms. The molecule has 1 amide bonds. The number of methoxy groups -OCH3 is 1. The number of aliphatic hydroxyl groups excluding tert-OH is 2. The number of imidazole rings is 2.